The van der Waals surface area contributed by atoms with Crippen LogP contribution in [0.25, 0.3) is 0 Å². The summed E-state index contributed by atoms with van der Waals surface area (Å²) < 4.78 is 0. The fourth-order valence-electron chi connectivity index (χ4n) is 1.49. The van der Waals surface area contributed by atoms with Gasteiger partial charge in [-0.05, 0) is 6.42 Å². The van der Waals surface area contributed by atoms with E-state index in [1.165, 1.54) is 0 Å². The number of halogens is 1. The summed E-state index contributed by atoms with van der Waals surface area (Å²) >= 11 is 5.82. The van der Waals surface area contributed by atoms with Gasteiger partial charge in [0.25, 0.3) is 0 Å². The molecular formula is C8H14ClNO2. The van der Waals surface area contributed by atoms with Crippen LogP contribution < -0.4 is 0 Å². The van der Waals surface area contributed by atoms with E-state index in [1.807, 2.05) is 6.92 Å². The number of hydrogen-bond donors (Lipinski definition) is 1. The molecule has 0 aliphatic carbocycles. The Morgan fingerprint density at radius 1 is 1.83 bits per heavy atom. The molecule has 3 nitrogen and oxygen atoms in total. The summed E-state index contributed by atoms with van der Waals surface area (Å²) in [7, 11) is 0. The van der Waals surface area contributed by atoms with E-state index in [9.17, 15) is 4.79 Å². The summed E-state index contributed by atoms with van der Waals surface area (Å²) in [5.41, 5.74) is 0. The highest BCUT2D eigenvalue weighted by atomic mass is 35.5. The molecule has 1 saturated heterocycles. The van der Waals surface area contributed by atoms with Gasteiger partial charge in [-0.25, -0.2) is 0 Å². The minimum absolute atomic E-state index is 0.0336. The van der Waals surface area contributed by atoms with Gasteiger partial charge in [-0.15, -0.1) is 11.6 Å². The molecule has 4 heteroatoms. The van der Waals surface area contributed by atoms with Crippen molar-refractivity contribution in [2.75, 3.05) is 13.2 Å². The third kappa shape index (κ3) is 1.90. The third-order valence-corrected chi connectivity index (χ3v) is 2.53. The molecule has 0 spiro atoms. The Morgan fingerprint density at radius 2 is 2.50 bits per heavy atom. The lowest BCUT2D eigenvalue weighted by Gasteiger charge is -2.24. The summed E-state index contributed by atoms with van der Waals surface area (Å²) in [6, 6.07) is -0.0405. The zero-order chi connectivity index (χ0) is 9.14. The summed E-state index contributed by atoms with van der Waals surface area (Å²) in [4.78, 5) is 13.0. The largest absolute Gasteiger partial charge is 0.394 e. The van der Waals surface area contributed by atoms with Gasteiger partial charge in [0.1, 0.15) is 0 Å². The molecule has 1 fully saturated rings. The zero-order valence-corrected chi connectivity index (χ0v) is 7.92. The molecule has 2 unspecified atom stereocenters. The van der Waals surface area contributed by atoms with Crippen LogP contribution in [0.4, 0.5) is 0 Å². The van der Waals surface area contributed by atoms with E-state index in [4.69, 9.17) is 16.7 Å². The van der Waals surface area contributed by atoms with E-state index >= 15 is 0 Å². The van der Waals surface area contributed by atoms with E-state index < -0.39 is 0 Å². The molecule has 0 radical (unpaired) electrons. The maximum atomic E-state index is 11.3. The van der Waals surface area contributed by atoms with Crippen LogP contribution in [0.5, 0.6) is 0 Å². The molecule has 1 N–H and O–H groups in total. The van der Waals surface area contributed by atoms with Gasteiger partial charge >= 0.3 is 0 Å². The Labute approximate surface area is 77.3 Å². The molecule has 2 atom stereocenters. The van der Waals surface area contributed by atoms with Gasteiger partial charge in [-0.1, -0.05) is 6.92 Å². The molecule has 0 bridgehead atoms. The first-order chi connectivity index (χ1) is 5.69. The highest BCUT2D eigenvalue weighted by molar-refractivity contribution is 6.22. The van der Waals surface area contributed by atoms with Gasteiger partial charge < -0.3 is 10.0 Å². The van der Waals surface area contributed by atoms with Crippen molar-refractivity contribution in [3.63, 3.8) is 0 Å². The molecular weight excluding hydrogens is 178 g/mol. The second-order valence-corrected chi connectivity index (χ2v) is 3.71. The highest BCUT2D eigenvalue weighted by Gasteiger charge is 2.31. The van der Waals surface area contributed by atoms with Crippen molar-refractivity contribution in [2.24, 2.45) is 0 Å². The Morgan fingerprint density at radius 3 is 2.83 bits per heavy atom. The topological polar surface area (TPSA) is 40.5 Å². The van der Waals surface area contributed by atoms with Crippen LogP contribution in [0.15, 0.2) is 0 Å². The molecule has 0 aromatic heterocycles. The lowest BCUT2D eigenvalue weighted by Crippen LogP contribution is -2.38. The van der Waals surface area contributed by atoms with Crippen LogP contribution in [0.1, 0.15) is 19.8 Å². The van der Waals surface area contributed by atoms with Gasteiger partial charge in [0.05, 0.1) is 18.0 Å². The van der Waals surface area contributed by atoms with E-state index in [-0.39, 0.29) is 23.9 Å². The van der Waals surface area contributed by atoms with Crippen LogP contribution >= 0.6 is 11.6 Å². The van der Waals surface area contributed by atoms with Crippen molar-refractivity contribution in [1.29, 1.82) is 0 Å². The number of carbonyl (C=O) groups excluding carboxylic acids is 1. The first kappa shape index (κ1) is 9.81. The average molecular weight is 192 g/mol. The standard InChI is InChI=1S/C8H14ClNO2/c1-2-7(5-11)10-4-6(9)3-8(10)12/h6-7,11H,2-5H2,1H3. The summed E-state index contributed by atoms with van der Waals surface area (Å²) in [6.45, 7) is 2.57. The number of rotatable bonds is 3. The first-order valence-electron chi connectivity index (χ1n) is 4.23. The third-order valence-electron chi connectivity index (χ3n) is 2.23. The van der Waals surface area contributed by atoms with Gasteiger partial charge in [-0.3, -0.25) is 4.79 Å². The van der Waals surface area contributed by atoms with Crippen LogP contribution in [-0.4, -0.2) is 40.5 Å². The minimum Gasteiger partial charge on any atom is -0.394 e. The monoisotopic (exact) mass is 191 g/mol. The summed E-state index contributed by atoms with van der Waals surface area (Å²) in [5.74, 6) is 0.0656. The molecule has 0 saturated carbocycles. The maximum absolute atomic E-state index is 11.3. The molecule has 1 amide bonds. The van der Waals surface area contributed by atoms with Crippen molar-refractivity contribution in [2.45, 2.75) is 31.2 Å². The Kier molecular flexibility index (Phi) is 3.35. The predicted octanol–water partition coefficient (Wildman–Crippen LogP) is 0.597. The van der Waals surface area contributed by atoms with E-state index in [0.29, 0.717) is 13.0 Å². The summed E-state index contributed by atoms with van der Waals surface area (Å²) in [5, 5.41) is 8.88. The average Bonchev–Trinajstić information content (AvgIpc) is 2.34. The van der Waals surface area contributed by atoms with Gasteiger partial charge in [0, 0.05) is 13.0 Å². The molecule has 12 heavy (non-hydrogen) atoms. The molecule has 0 aromatic carbocycles. The fraction of sp³-hybridized carbons (Fsp3) is 0.875. The number of aliphatic hydroxyl groups is 1. The van der Waals surface area contributed by atoms with Crippen molar-refractivity contribution in [1.82, 2.24) is 4.90 Å². The Hall–Kier alpha value is -0.280. The SMILES string of the molecule is CCC(CO)N1CC(Cl)CC1=O. The van der Waals surface area contributed by atoms with Crippen molar-refractivity contribution >= 4 is 17.5 Å². The van der Waals surface area contributed by atoms with Crippen LogP contribution in [0.3, 0.4) is 0 Å². The fourth-order valence-corrected chi connectivity index (χ4v) is 1.77. The molecule has 70 valence electrons. The van der Waals surface area contributed by atoms with Crippen LogP contribution in [0.2, 0.25) is 0 Å². The zero-order valence-electron chi connectivity index (χ0n) is 7.16. The Bertz CT molecular complexity index is 170. The summed E-state index contributed by atoms with van der Waals surface area (Å²) in [6.07, 6.45) is 1.20. The van der Waals surface area contributed by atoms with Crippen molar-refractivity contribution in [3.05, 3.63) is 0 Å². The van der Waals surface area contributed by atoms with Crippen molar-refractivity contribution in [3.8, 4) is 0 Å². The van der Waals surface area contributed by atoms with Gasteiger partial charge in [0.2, 0.25) is 5.91 Å². The maximum Gasteiger partial charge on any atom is 0.224 e. The number of aliphatic hydroxyl groups excluding tert-OH is 1. The highest BCUT2D eigenvalue weighted by Crippen LogP contribution is 2.19. The van der Waals surface area contributed by atoms with Crippen LogP contribution in [-0.2, 0) is 4.79 Å². The number of nitrogens with zero attached hydrogens (tertiary/aromatic N) is 1. The number of likely N-dealkylation sites (tertiary alicyclic amines) is 1. The van der Waals surface area contributed by atoms with E-state index in [2.05, 4.69) is 0 Å². The lowest BCUT2D eigenvalue weighted by molar-refractivity contribution is -0.130. The van der Waals surface area contributed by atoms with E-state index in [0.717, 1.165) is 6.42 Å². The van der Waals surface area contributed by atoms with Crippen molar-refractivity contribution < 1.29 is 9.90 Å². The lowest BCUT2D eigenvalue weighted by atomic mass is 10.2. The second kappa shape index (κ2) is 4.10. The Balaban J connectivity index is 2.56. The second-order valence-electron chi connectivity index (χ2n) is 3.09. The van der Waals surface area contributed by atoms with Gasteiger partial charge in [0.15, 0.2) is 0 Å². The molecule has 1 rings (SSSR count). The van der Waals surface area contributed by atoms with Crippen LogP contribution in [0, 0.1) is 0 Å². The molecule has 1 aliphatic rings. The number of alkyl halides is 1. The minimum atomic E-state index is -0.0712. The molecule has 1 aliphatic heterocycles. The quantitative estimate of drug-likeness (QED) is 0.664. The first-order valence-corrected chi connectivity index (χ1v) is 4.67. The van der Waals surface area contributed by atoms with E-state index in [1.54, 1.807) is 4.90 Å². The molecule has 0 aromatic rings. The smallest absolute Gasteiger partial charge is 0.224 e. The normalized spacial score (nSPS) is 26.4. The number of amides is 1. The number of carbonyl (C=O) groups is 1. The predicted molar refractivity (Wildman–Crippen MR) is 47.1 cm³/mol. The van der Waals surface area contributed by atoms with Gasteiger partial charge in [-0.2, -0.15) is 0 Å². The molecule has 1 heterocycles. The number of hydrogen-bond acceptors (Lipinski definition) is 2.